The van der Waals surface area contributed by atoms with Gasteiger partial charge in [0.15, 0.2) is 0 Å². The Morgan fingerprint density at radius 2 is 1.33 bits per heavy atom. The van der Waals surface area contributed by atoms with Gasteiger partial charge in [0.05, 0.1) is 0 Å². The zero-order valence-corrected chi connectivity index (χ0v) is 17.2. The first kappa shape index (κ1) is 22.0. The molecule has 33 heavy (non-hydrogen) atoms. The molecule has 0 saturated carbocycles. The van der Waals surface area contributed by atoms with Crippen LogP contribution in [0.1, 0.15) is 41.4 Å². The highest BCUT2D eigenvalue weighted by molar-refractivity contribution is 6.33. The van der Waals surface area contributed by atoms with Gasteiger partial charge in [-0.1, -0.05) is 0 Å². The van der Waals surface area contributed by atoms with Crippen molar-refractivity contribution in [3.05, 3.63) is 46.5 Å². The highest BCUT2D eigenvalue weighted by atomic mass is 16.3. The van der Waals surface area contributed by atoms with Crippen LogP contribution in [0.25, 0.3) is 10.8 Å². The molecule has 0 aromatic heterocycles. The Morgan fingerprint density at radius 1 is 0.879 bits per heavy atom. The number of hydrogen-bond acceptors (Lipinski definition) is 8. The van der Waals surface area contributed by atoms with Gasteiger partial charge in [0.25, 0.3) is 23.6 Å². The molecule has 12 heteroatoms. The van der Waals surface area contributed by atoms with Crippen molar-refractivity contribution in [3.8, 4) is 0 Å². The molecule has 170 valence electrons. The molecular weight excluding hydrogens is 434 g/mol. The molecular formula is C21H19N5O7. The lowest BCUT2D eigenvalue weighted by Gasteiger charge is -2.34. The maximum absolute atomic E-state index is 13.1. The summed E-state index contributed by atoms with van der Waals surface area (Å²) >= 11 is 0. The van der Waals surface area contributed by atoms with E-state index in [-0.39, 0.29) is 52.7 Å². The molecule has 6 N–H and O–H groups in total. The fraction of sp³-hybridized carbons (Fsp3) is 0.238. The molecule has 0 saturated heterocycles. The average Bonchev–Trinajstić information content (AvgIpc) is 2.80. The third-order valence-electron chi connectivity index (χ3n) is 5.67. The van der Waals surface area contributed by atoms with Crippen LogP contribution in [-0.2, 0) is 9.59 Å². The third-order valence-corrected chi connectivity index (χ3v) is 5.67. The summed E-state index contributed by atoms with van der Waals surface area (Å²) in [5.74, 6) is -4.52. The van der Waals surface area contributed by atoms with Crippen LogP contribution < -0.4 is 16.8 Å². The Labute approximate surface area is 186 Å². The molecule has 2 aliphatic heterocycles. The van der Waals surface area contributed by atoms with E-state index in [4.69, 9.17) is 16.6 Å². The second kappa shape index (κ2) is 8.07. The standard InChI is InChI=1S/C21H19N5O7/c22-7-13(17(23)29)26-20(32)11-3-1-9-15-10(2-4-12(16(11)15)21(26)33)19(31)25(18(9)30)6-5-24-14(28)8-27/h1-4,13,27H,5-8,22H2,(H2,23,29)(H,24,28). The lowest BCUT2D eigenvalue weighted by atomic mass is 9.85. The minimum Gasteiger partial charge on any atom is -0.387 e. The van der Waals surface area contributed by atoms with Gasteiger partial charge in [0.2, 0.25) is 11.8 Å². The molecule has 4 rings (SSSR count). The van der Waals surface area contributed by atoms with E-state index >= 15 is 0 Å². The summed E-state index contributed by atoms with van der Waals surface area (Å²) in [6.45, 7) is -1.29. The largest absolute Gasteiger partial charge is 0.387 e. The molecule has 0 bridgehead atoms. The third kappa shape index (κ3) is 3.23. The van der Waals surface area contributed by atoms with Crippen LogP contribution in [0.2, 0.25) is 0 Å². The first-order chi connectivity index (χ1) is 15.7. The van der Waals surface area contributed by atoms with E-state index in [9.17, 15) is 28.8 Å². The van der Waals surface area contributed by atoms with Crippen LogP contribution in [-0.4, -0.2) is 82.6 Å². The fourth-order valence-corrected chi connectivity index (χ4v) is 4.14. The molecule has 6 amide bonds. The SMILES string of the molecule is NCC(C(N)=O)N1C(=O)c2ccc3c4c(ccc(c24)C1=O)C(=O)N(CCNC(=O)CO)C3=O. The minimum absolute atomic E-state index is 0.0363. The maximum Gasteiger partial charge on any atom is 0.262 e. The van der Waals surface area contributed by atoms with Crippen LogP contribution in [0.5, 0.6) is 0 Å². The smallest absolute Gasteiger partial charge is 0.262 e. The number of benzene rings is 2. The number of primary amides is 1. The van der Waals surface area contributed by atoms with Crippen molar-refractivity contribution in [1.82, 2.24) is 15.1 Å². The molecule has 2 aromatic rings. The Morgan fingerprint density at radius 3 is 1.73 bits per heavy atom. The normalized spacial score (nSPS) is 15.8. The number of carbonyl (C=O) groups excluding carboxylic acids is 6. The number of carbonyl (C=O) groups is 6. The van der Waals surface area contributed by atoms with E-state index in [0.717, 1.165) is 4.90 Å². The predicted molar refractivity (Wildman–Crippen MR) is 112 cm³/mol. The summed E-state index contributed by atoms with van der Waals surface area (Å²) in [5.41, 5.74) is 11.2. The summed E-state index contributed by atoms with van der Waals surface area (Å²) in [7, 11) is 0. The van der Waals surface area contributed by atoms with Crippen LogP contribution in [0.4, 0.5) is 0 Å². The quantitative estimate of drug-likeness (QED) is 0.344. The number of hydrogen-bond donors (Lipinski definition) is 4. The maximum atomic E-state index is 13.1. The molecule has 0 aliphatic carbocycles. The molecule has 12 nitrogen and oxygen atoms in total. The van der Waals surface area contributed by atoms with E-state index < -0.39 is 48.1 Å². The summed E-state index contributed by atoms with van der Waals surface area (Å²) in [6, 6.07) is 4.08. The molecule has 1 atom stereocenters. The second-order valence-corrected chi connectivity index (χ2v) is 7.48. The van der Waals surface area contributed by atoms with Gasteiger partial charge in [0, 0.05) is 52.7 Å². The monoisotopic (exact) mass is 453 g/mol. The number of aliphatic hydroxyl groups is 1. The predicted octanol–water partition coefficient (Wildman–Crippen LogP) is -2.05. The number of aliphatic hydroxyl groups excluding tert-OH is 1. The molecule has 2 aliphatic rings. The summed E-state index contributed by atoms with van der Waals surface area (Å²) in [6.07, 6.45) is 0. The van der Waals surface area contributed by atoms with Gasteiger partial charge in [-0.2, -0.15) is 0 Å². The number of imide groups is 2. The van der Waals surface area contributed by atoms with Crippen LogP contribution in [0.3, 0.4) is 0 Å². The van der Waals surface area contributed by atoms with E-state index in [0.29, 0.717) is 4.90 Å². The van der Waals surface area contributed by atoms with Gasteiger partial charge < -0.3 is 21.9 Å². The van der Waals surface area contributed by atoms with Crippen molar-refractivity contribution in [1.29, 1.82) is 0 Å². The van der Waals surface area contributed by atoms with Crippen LogP contribution in [0.15, 0.2) is 24.3 Å². The van der Waals surface area contributed by atoms with E-state index in [1.807, 2.05) is 0 Å². The van der Waals surface area contributed by atoms with Crippen molar-refractivity contribution in [2.24, 2.45) is 11.5 Å². The van der Waals surface area contributed by atoms with E-state index in [2.05, 4.69) is 5.32 Å². The number of nitrogens with zero attached hydrogens (tertiary/aromatic N) is 2. The van der Waals surface area contributed by atoms with Crippen molar-refractivity contribution in [2.75, 3.05) is 26.2 Å². The van der Waals surface area contributed by atoms with Gasteiger partial charge >= 0.3 is 0 Å². The number of amides is 6. The Balaban J connectivity index is 1.81. The Kier molecular flexibility index (Phi) is 5.39. The summed E-state index contributed by atoms with van der Waals surface area (Å²) in [4.78, 5) is 76.9. The highest BCUT2D eigenvalue weighted by Crippen LogP contribution is 2.38. The number of nitrogens with two attached hydrogens (primary N) is 2. The first-order valence-electron chi connectivity index (χ1n) is 9.93. The van der Waals surface area contributed by atoms with Crippen molar-refractivity contribution in [3.63, 3.8) is 0 Å². The van der Waals surface area contributed by atoms with Crippen LogP contribution >= 0.6 is 0 Å². The van der Waals surface area contributed by atoms with Gasteiger partial charge in [-0.05, 0) is 24.3 Å². The van der Waals surface area contributed by atoms with Gasteiger partial charge in [0.1, 0.15) is 12.6 Å². The Bertz CT molecular complexity index is 1200. The Hall–Kier alpha value is -4.16. The van der Waals surface area contributed by atoms with Gasteiger partial charge in [-0.25, -0.2) is 0 Å². The molecule has 0 fully saturated rings. The number of rotatable bonds is 7. The minimum atomic E-state index is -1.35. The number of nitrogens with one attached hydrogen (secondary N) is 1. The zero-order valence-electron chi connectivity index (χ0n) is 17.2. The van der Waals surface area contributed by atoms with Crippen molar-refractivity contribution in [2.45, 2.75) is 6.04 Å². The van der Waals surface area contributed by atoms with Crippen LogP contribution in [0, 0.1) is 0 Å². The van der Waals surface area contributed by atoms with Crippen molar-refractivity contribution >= 4 is 46.2 Å². The highest BCUT2D eigenvalue weighted by Gasteiger charge is 2.42. The molecule has 0 spiro atoms. The molecule has 1 unspecified atom stereocenters. The summed E-state index contributed by atoms with van der Waals surface area (Å²) < 4.78 is 0. The molecule has 2 heterocycles. The molecule has 0 radical (unpaired) electrons. The van der Waals surface area contributed by atoms with E-state index in [1.54, 1.807) is 0 Å². The topological polar surface area (TPSA) is 193 Å². The zero-order chi connectivity index (χ0) is 24.0. The fourth-order valence-electron chi connectivity index (χ4n) is 4.14. The first-order valence-corrected chi connectivity index (χ1v) is 9.93. The average molecular weight is 453 g/mol. The van der Waals surface area contributed by atoms with Crippen molar-refractivity contribution < 1.29 is 33.9 Å². The summed E-state index contributed by atoms with van der Waals surface area (Å²) in [5, 5.41) is 11.5. The van der Waals surface area contributed by atoms with Gasteiger partial charge in [-0.3, -0.25) is 38.6 Å². The van der Waals surface area contributed by atoms with E-state index in [1.165, 1.54) is 24.3 Å². The second-order valence-electron chi connectivity index (χ2n) is 7.48. The molecule has 2 aromatic carbocycles. The lowest BCUT2D eigenvalue weighted by Crippen LogP contribution is -2.55. The van der Waals surface area contributed by atoms with Gasteiger partial charge in [-0.15, -0.1) is 0 Å². The lowest BCUT2D eigenvalue weighted by molar-refractivity contribution is -0.124.